The van der Waals surface area contributed by atoms with Gasteiger partial charge in [0.2, 0.25) is 0 Å². The molecule has 12 saturated carbocycles. The molecule has 12 rings (SSSR count). The van der Waals surface area contributed by atoms with Crippen LogP contribution in [-0.4, -0.2) is 0 Å². The Morgan fingerprint density at radius 1 is 0.346 bits per heavy atom. The highest BCUT2D eigenvalue weighted by Gasteiger charge is 2.72. The number of hydrogen-bond donors (Lipinski definition) is 0. The second kappa shape index (κ2) is 11.1. The van der Waals surface area contributed by atoms with Gasteiger partial charge in [0.05, 0.1) is 0 Å². The Bertz CT molecular complexity index is 1330. The van der Waals surface area contributed by atoms with Crippen molar-refractivity contribution < 1.29 is 0 Å². The molecule has 0 N–H and O–H groups in total. The third-order valence-corrected chi connectivity index (χ3v) is 23.7. The number of rotatable bonds is 2. The topological polar surface area (TPSA) is 0 Å². The molecule has 0 aromatic rings. The molecule has 0 heteroatoms. The first-order valence-corrected chi connectivity index (χ1v) is 24.5. The van der Waals surface area contributed by atoms with Gasteiger partial charge in [0.15, 0.2) is 0 Å². The van der Waals surface area contributed by atoms with Crippen LogP contribution in [0.4, 0.5) is 0 Å². The molecule has 0 amide bonds. The monoisotopic (exact) mass is 709 g/mol. The van der Waals surface area contributed by atoms with Crippen molar-refractivity contribution in [3.63, 3.8) is 0 Å². The Labute approximate surface area is 322 Å². The van der Waals surface area contributed by atoms with Crippen LogP contribution in [0.25, 0.3) is 0 Å². The lowest BCUT2D eigenvalue weighted by Crippen LogP contribution is -2.52. The molecule has 12 aliphatic rings. The molecule has 0 spiro atoms. The van der Waals surface area contributed by atoms with E-state index in [0.29, 0.717) is 27.1 Å². The van der Waals surface area contributed by atoms with Gasteiger partial charge in [0.25, 0.3) is 0 Å². The molecule has 52 heavy (non-hydrogen) atoms. The van der Waals surface area contributed by atoms with E-state index >= 15 is 0 Å². The first kappa shape index (κ1) is 35.2. The Hall–Kier alpha value is 0. The van der Waals surface area contributed by atoms with E-state index in [2.05, 4.69) is 62.3 Å². The molecule has 14 atom stereocenters. The van der Waals surface area contributed by atoms with Crippen LogP contribution in [-0.2, 0) is 0 Å². The average molecular weight is 709 g/mol. The lowest BCUT2D eigenvalue weighted by molar-refractivity contribution is -0.107. The molecule has 0 saturated heterocycles. The fourth-order valence-electron chi connectivity index (χ4n) is 21.7. The van der Waals surface area contributed by atoms with Crippen LogP contribution in [0.3, 0.4) is 0 Å². The predicted molar refractivity (Wildman–Crippen MR) is 217 cm³/mol. The Morgan fingerprint density at radius 2 is 0.769 bits per heavy atom. The minimum Gasteiger partial charge on any atom is -0.0596 e. The van der Waals surface area contributed by atoms with Gasteiger partial charge >= 0.3 is 0 Å². The summed E-state index contributed by atoms with van der Waals surface area (Å²) in [6.07, 6.45) is 31.9. The molecule has 12 aliphatic carbocycles. The maximum Gasteiger partial charge on any atom is -0.0230 e. The third-order valence-electron chi connectivity index (χ3n) is 23.7. The van der Waals surface area contributed by atoms with Crippen LogP contribution in [0.15, 0.2) is 0 Å². The maximum absolute atomic E-state index is 3.11. The van der Waals surface area contributed by atoms with Gasteiger partial charge in [-0.2, -0.15) is 0 Å². The molecular formula is C52H84. The molecule has 0 nitrogen and oxygen atoms in total. The molecule has 13 unspecified atom stereocenters. The van der Waals surface area contributed by atoms with Crippen molar-refractivity contribution in [3.8, 4) is 0 Å². The molecule has 4 bridgehead atoms. The van der Waals surface area contributed by atoms with Crippen molar-refractivity contribution in [1.29, 1.82) is 0 Å². The van der Waals surface area contributed by atoms with Gasteiger partial charge in [-0.25, -0.2) is 0 Å². The van der Waals surface area contributed by atoms with Gasteiger partial charge in [0.1, 0.15) is 0 Å². The fraction of sp³-hybridized carbons (Fsp3) is 1.00. The van der Waals surface area contributed by atoms with Gasteiger partial charge in [0, 0.05) is 0 Å². The zero-order valence-corrected chi connectivity index (χ0v) is 36.0. The molecule has 12 fully saturated rings. The van der Waals surface area contributed by atoms with Crippen LogP contribution in [0, 0.1) is 133 Å². The van der Waals surface area contributed by atoms with E-state index in [1.165, 1.54) is 25.7 Å². The summed E-state index contributed by atoms with van der Waals surface area (Å²) in [5, 5.41) is 0. The maximum atomic E-state index is 3.11. The molecular weight excluding hydrogens is 625 g/mol. The average Bonchev–Trinajstić information content (AvgIpc) is 3.74. The van der Waals surface area contributed by atoms with Crippen LogP contribution < -0.4 is 0 Å². The second-order valence-electron chi connectivity index (χ2n) is 27.1. The summed E-state index contributed by atoms with van der Waals surface area (Å²) in [7, 11) is 0. The minimum atomic E-state index is 0.533. The first-order chi connectivity index (χ1) is 24.5. The van der Waals surface area contributed by atoms with E-state index in [4.69, 9.17) is 0 Å². The SMILES string of the molecule is CC1(C)CCC(C)(C)C2CC3C(CC21)C1CC2C(CC1C3C1(C)C3CC(C45CC6CC(CC(C6)C4)C5)CC3[C@H]3CCCCC31)C(C)(C)CCC2(C)C. The molecule has 0 aliphatic heterocycles. The van der Waals surface area contributed by atoms with E-state index in [1.807, 2.05) is 0 Å². The zero-order chi connectivity index (χ0) is 36.0. The number of hydrogen-bond acceptors (Lipinski definition) is 0. The lowest BCUT2D eigenvalue weighted by atomic mass is 9.45. The zero-order valence-electron chi connectivity index (χ0n) is 36.0. The van der Waals surface area contributed by atoms with Crippen molar-refractivity contribution >= 4 is 0 Å². The van der Waals surface area contributed by atoms with Crippen molar-refractivity contribution in [1.82, 2.24) is 0 Å². The molecule has 0 heterocycles. The summed E-state index contributed by atoms with van der Waals surface area (Å²) in [5.74, 6) is 17.7. The molecule has 0 aromatic heterocycles. The van der Waals surface area contributed by atoms with E-state index in [9.17, 15) is 0 Å². The van der Waals surface area contributed by atoms with E-state index in [1.54, 1.807) is 103 Å². The highest BCUT2D eigenvalue weighted by atomic mass is 14.8. The fourth-order valence-corrected chi connectivity index (χ4v) is 21.7. The second-order valence-corrected chi connectivity index (χ2v) is 27.1. The summed E-state index contributed by atoms with van der Waals surface area (Å²) < 4.78 is 0. The summed E-state index contributed by atoms with van der Waals surface area (Å²) in [6.45, 7) is 25.0. The van der Waals surface area contributed by atoms with Gasteiger partial charge in [-0.1, -0.05) is 75.2 Å². The molecule has 0 radical (unpaired) electrons. The summed E-state index contributed by atoms with van der Waals surface area (Å²) in [5.41, 5.74) is 3.52. The largest absolute Gasteiger partial charge is 0.0596 e. The van der Waals surface area contributed by atoms with Crippen LogP contribution in [0.5, 0.6) is 0 Å². The number of fused-ring (bicyclic) bond motifs is 8. The van der Waals surface area contributed by atoms with Crippen molar-refractivity contribution in [2.24, 2.45) is 133 Å². The predicted octanol–water partition coefficient (Wildman–Crippen LogP) is 14.5. The van der Waals surface area contributed by atoms with E-state index in [0.717, 1.165) is 106 Å². The quantitative estimate of drug-likeness (QED) is 0.268. The van der Waals surface area contributed by atoms with E-state index < -0.39 is 0 Å². The Kier molecular flexibility index (Phi) is 7.54. The Morgan fingerprint density at radius 3 is 1.23 bits per heavy atom. The molecule has 0 aromatic carbocycles. The highest BCUT2D eigenvalue weighted by molar-refractivity contribution is 5.20. The summed E-state index contributed by atoms with van der Waals surface area (Å²) in [4.78, 5) is 0. The highest BCUT2D eigenvalue weighted by Crippen LogP contribution is 2.79. The minimum absolute atomic E-state index is 0.533. The van der Waals surface area contributed by atoms with Gasteiger partial charge < -0.3 is 0 Å². The van der Waals surface area contributed by atoms with Crippen LogP contribution >= 0.6 is 0 Å². The molecule has 292 valence electrons. The van der Waals surface area contributed by atoms with Crippen LogP contribution in [0.2, 0.25) is 0 Å². The lowest BCUT2D eigenvalue weighted by Gasteiger charge is -2.60. The van der Waals surface area contributed by atoms with Gasteiger partial charge in [-0.3, -0.25) is 0 Å². The van der Waals surface area contributed by atoms with Crippen molar-refractivity contribution in [2.75, 3.05) is 0 Å². The van der Waals surface area contributed by atoms with Crippen molar-refractivity contribution in [3.05, 3.63) is 0 Å². The first-order valence-electron chi connectivity index (χ1n) is 24.5. The standard InChI is InChI=1S/C52H84/c1-47(2)14-16-49(5,6)44-25-38-35(23-42(44)47)36-24-43-45(50(7,8)17-15-48(43,3)4)26-39(36)46(38)51(9)40-13-11-10-12-34(40)37-21-33(22-41(37)51)52-27-30-18-31(28-52)20-32(19-30)29-52/h30-46H,10-29H2,1-9H3/t30?,31?,32?,33?,34-,35?,36?,37?,38?,39?,40?,41?,42?,43?,44?,45?,46?,51?,52?/m1/s1. The summed E-state index contributed by atoms with van der Waals surface area (Å²) in [6, 6.07) is 0. The smallest absolute Gasteiger partial charge is 0.0230 e. The van der Waals surface area contributed by atoms with Crippen LogP contribution in [0.1, 0.15) is 191 Å². The van der Waals surface area contributed by atoms with Gasteiger partial charge in [-0.05, 0) is 249 Å². The summed E-state index contributed by atoms with van der Waals surface area (Å²) >= 11 is 0. The van der Waals surface area contributed by atoms with Crippen molar-refractivity contribution in [2.45, 2.75) is 191 Å². The Balaban J connectivity index is 1.01. The van der Waals surface area contributed by atoms with E-state index in [-0.39, 0.29) is 0 Å². The van der Waals surface area contributed by atoms with Gasteiger partial charge in [-0.15, -0.1) is 0 Å². The third kappa shape index (κ3) is 4.69. The normalized spacial score (nSPS) is 59.8.